The first-order valence-corrected chi connectivity index (χ1v) is 8.88. The highest BCUT2D eigenvalue weighted by Crippen LogP contribution is 2.24. The monoisotopic (exact) mass is 357 g/mol. The average molecular weight is 357 g/mol. The molecule has 7 nitrogen and oxygen atoms in total. The first kappa shape index (κ1) is 17.2. The zero-order valence-corrected chi connectivity index (χ0v) is 14.5. The van der Waals surface area contributed by atoms with Gasteiger partial charge in [0.1, 0.15) is 5.01 Å². The van der Waals surface area contributed by atoms with Crippen molar-refractivity contribution in [2.75, 3.05) is 11.9 Å². The highest BCUT2D eigenvalue weighted by atomic mass is 32.1. The third kappa shape index (κ3) is 4.49. The van der Waals surface area contributed by atoms with Gasteiger partial charge in [0.2, 0.25) is 5.13 Å². The minimum atomic E-state index is -0.348. The predicted molar refractivity (Wildman–Crippen MR) is 98.5 cm³/mol. The summed E-state index contributed by atoms with van der Waals surface area (Å²) >= 11 is 1.46. The molecule has 0 aliphatic heterocycles. The summed E-state index contributed by atoms with van der Waals surface area (Å²) in [5.41, 5.74) is 8.76. The number of hydrogen-bond acceptors (Lipinski definition) is 7. The van der Waals surface area contributed by atoms with Crippen LogP contribution in [0.3, 0.4) is 0 Å². The van der Waals surface area contributed by atoms with E-state index in [4.69, 9.17) is 5.73 Å². The Hall–Kier alpha value is -2.58. The van der Waals surface area contributed by atoms with Crippen LogP contribution in [0.5, 0.6) is 0 Å². The highest BCUT2D eigenvalue weighted by Gasteiger charge is 2.14. The molecule has 3 N–H and O–H groups in total. The molecule has 1 aliphatic rings. The lowest BCUT2D eigenvalue weighted by Crippen LogP contribution is -2.08. The lowest BCUT2D eigenvalue weighted by atomic mass is 10.0. The standard InChI is InChI=1S/C17H19N5O2S/c18-11-12-4-3-6-14(10-12)19-17-21-20-16(25-17)9-8-13-5-1-2-7-15(13)22(23)24/h1-2,5-7,10H,3-4,8-9,11,18H2,(H,19,21). The zero-order chi connectivity index (χ0) is 17.6. The fourth-order valence-electron chi connectivity index (χ4n) is 2.68. The van der Waals surface area contributed by atoms with Gasteiger partial charge < -0.3 is 11.1 Å². The molecule has 0 saturated heterocycles. The topological polar surface area (TPSA) is 107 Å². The number of rotatable bonds is 7. The van der Waals surface area contributed by atoms with Crippen LogP contribution in [-0.2, 0) is 12.8 Å². The number of benzene rings is 1. The molecule has 1 aromatic heterocycles. The van der Waals surface area contributed by atoms with E-state index in [1.54, 1.807) is 12.1 Å². The largest absolute Gasteiger partial charge is 0.330 e. The molecule has 0 radical (unpaired) electrons. The summed E-state index contributed by atoms with van der Waals surface area (Å²) < 4.78 is 0. The van der Waals surface area contributed by atoms with Crippen LogP contribution in [0.15, 0.2) is 47.7 Å². The highest BCUT2D eigenvalue weighted by molar-refractivity contribution is 7.15. The Morgan fingerprint density at radius 3 is 2.92 bits per heavy atom. The number of nitrogens with zero attached hydrogens (tertiary/aromatic N) is 3. The quantitative estimate of drug-likeness (QED) is 0.582. The summed E-state index contributed by atoms with van der Waals surface area (Å²) in [6.07, 6.45) is 7.32. The Morgan fingerprint density at radius 2 is 2.12 bits per heavy atom. The molecule has 1 aliphatic carbocycles. The summed E-state index contributed by atoms with van der Waals surface area (Å²) in [4.78, 5) is 10.7. The van der Waals surface area contributed by atoms with Crippen molar-refractivity contribution in [2.24, 2.45) is 5.73 Å². The number of aromatic nitrogens is 2. The number of aryl methyl sites for hydroxylation is 2. The second-order valence-electron chi connectivity index (χ2n) is 5.72. The van der Waals surface area contributed by atoms with Gasteiger partial charge in [-0.3, -0.25) is 10.1 Å². The second kappa shape index (κ2) is 8.00. The van der Waals surface area contributed by atoms with Crippen molar-refractivity contribution in [1.29, 1.82) is 0 Å². The molecule has 1 heterocycles. The van der Waals surface area contributed by atoms with Crippen molar-refractivity contribution in [3.63, 3.8) is 0 Å². The van der Waals surface area contributed by atoms with Gasteiger partial charge in [0, 0.05) is 30.3 Å². The van der Waals surface area contributed by atoms with Crippen LogP contribution >= 0.6 is 11.3 Å². The van der Waals surface area contributed by atoms with Crippen molar-refractivity contribution in [1.82, 2.24) is 10.2 Å². The second-order valence-corrected chi connectivity index (χ2v) is 6.78. The van der Waals surface area contributed by atoms with Crippen LogP contribution in [0.1, 0.15) is 23.4 Å². The summed E-state index contributed by atoms with van der Waals surface area (Å²) in [7, 11) is 0. The summed E-state index contributed by atoms with van der Waals surface area (Å²) in [6, 6.07) is 6.80. The number of allylic oxidation sites excluding steroid dienone is 2. The molecular formula is C17H19N5O2S. The summed E-state index contributed by atoms with van der Waals surface area (Å²) in [5.74, 6) is 0. The molecule has 0 saturated carbocycles. The Morgan fingerprint density at radius 1 is 1.28 bits per heavy atom. The van der Waals surface area contributed by atoms with Crippen molar-refractivity contribution < 1.29 is 4.92 Å². The van der Waals surface area contributed by atoms with Gasteiger partial charge in [-0.05, 0) is 25.3 Å². The molecule has 0 atom stereocenters. The van der Waals surface area contributed by atoms with E-state index in [1.165, 1.54) is 23.0 Å². The maximum atomic E-state index is 11.1. The van der Waals surface area contributed by atoms with E-state index < -0.39 is 0 Å². The lowest BCUT2D eigenvalue weighted by molar-refractivity contribution is -0.385. The van der Waals surface area contributed by atoms with Gasteiger partial charge in [-0.25, -0.2) is 0 Å². The Balaban J connectivity index is 1.62. The Labute approximate surface area is 149 Å². The molecule has 0 fully saturated rings. The molecule has 0 unspecified atom stereocenters. The molecule has 1 aromatic carbocycles. The number of nitrogens with one attached hydrogen (secondary N) is 1. The average Bonchev–Trinajstić information content (AvgIpc) is 3.07. The van der Waals surface area contributed by atoms with E-state index in [0.29, 0.717) is 24.9 Å². The van der Waals surface area contributed by atoms with Gasteiger partial charge in [-0.15, -0.1) is 10.2 Å². The number of para-hydroxylation sites is 1. The molecule has 0 spiro atoms. The van der Waals surface area contributed by atoms with Crippen LogP contribution in [0, 0.1) is 10.1 Å². The van der Waals surface area contributed by atoms with Crippen LogP contribution in [0.2, 0.25) is 0 Å². The smallest absolute Gasteiger partial charge is 0.272 e. The molecule has 0 amide bonds. The van der Waals surface area contributed by atoms with Crippen molar-refractivity contribution in [3.8, 4) is 0 Å². The van der Waals surface area contributed by atoms with E-state index in [1.807, 2.05) is 6.07 Å². The zero-order valence-electron chi connectivity index (χ0n) is 13.6. The third-order valence-corrected chi connectivity index (χ3v) is 4.86. The van der Waals surface area contributed by atoms with Gasteiger partial charge in [-0.1, -0.05) is 41.2 Å². The van der Waals surface area contributed by atoms with Crippen molar-refractivity contribution in [2.45, 2.75) is 25.7 Å². The fraction of sp³-hybridized carbons (Fsp3) is 0.294. The van der Waals surface area contributed by atoms with Gasteiger partial charge in [0.25, 0.3) is 5.69 Å². The molecular weight excluding hydrogens is 338 g/mol. The van der Waals surface area contributed by atoms with E-state index in [2.05, 4.69) is 27.7 Å². The Kier molecular flexibility index (Phi) is 5.52. The van der Waals surface area contributed by atoms with Gasteiger partial charge in [0.15, 0.2) is 0 Å². The van der Waals surface area contributed by atoms with Crippen LogP contribution in [0.4, 0.5) is 10.8 Å². The summed E-state index contributed by atoms with van der Waals surface area (Å²) in [5, 5.41) is 24.2. The van der Waals surface area contributed by atoms with Crippen molar-refractivity contribution in [3.05, 3.63) is 68.4 Å². The van der Waals surface area contributed by atoms with E-state index >= 15 is 0 Å². The lowest BCUT2D eigenvalue weighted by Gasteiger charge is -2.12. The van der Waals surface area contributed by atoms with E-state index in [9.17, 15) is 10.1 Å². The van der Waals surface area contributed by atoms with Crippen LogP contribution in [0.25, 0.3) is 0 Å². The predicted octanol–water partition coefficient (Wildman–Crippen LogP) is 3.21. The Bertz CT molecular complexity index is 828. The number of nitro groups is 1. The molecule has 130 valence electrons. The number of anilines is 1. The molecule has 8 heteroatoms. The van der Waals surface area contributed by atoms with Gasteiger partial charge in [-0.2, -0.15) is 0 Å². The summed E-state index contributed by atoms with van der Waals surface area (Å²) in [6.45, 7) is 0.566. The fourth-order valence-corrected chi connectivity index (χ4v) is 3.44. The minimum Gasteiger partial charge on any atom is -0.330 e. The molecule has 2 aromatic rings. The number of hydrogen-bond donors (Lipinski definition) is 2. The van der Waals surface area contributed by atoms with Gasteiger partial charge >= 0.3 is 0 Å². The van der Waals surface area contributed by atoms with Crippen molar-refractivity contribution >= 4 is 22.2 Å². The molecule has 3 rings (SSSR count). The SMILES string of the molecule is NCC1=CC(Nc2nnc(CCc3ccccc3[N+](=O)[O-])s2)=CCC1. The minimum absolute atomic E-state index is 0.150. The molecule has 25 heavy (non-hydrogen) atoms. The third-order valence-electron chi connectivity index (χ3n) is 3.97. The van der Waals surface area contributed by atoms with Crippen LogP contribution < -0.4 is 11.1 Å². The van der Waals surface area contributed by atoms with Gasteiger partial charge in [0.05, 0.1) is 4.92 Å². The van der Waals surface area contributed by atoms with E-state index in [0.717, 1.165) is 28.7 Å². The first-order valence-electron chi connectivity index (χ1n) is 8.07. The number of nitro benzene ring substituents is 1. The number of nitrogens with two attached hydrogens (primary N) is 1. The van der Waals surface area contributed by atoms with Crippen LogP contribution in [-0.4, -0.2) is 21.7 Å². The van der Waals surface area contributed by atoms with E-state index in [-0.39, 0.29) is 10.6 Å². The normalized spacial score (nSPS) is 14.0. The first-order chi connectivity index (χ1) is 12.2. The molecule has 0 bridgehead atoms. The maximum Gasteiger partial charge on any atom is 0.272 e. The maximum absolute atomic E-state index is 11.1.